The summed E-state index contributed by atoms with van der Waals surface area (Å²) in [6.45, 7) is 8.81. The van der Waals surface area contributed by atoms with Crippen LogP contribution in [-0.2, 0) is 22.4 Å². The van der Waals surface area contributed by atoms with Gasteiger partial charge in [-0.15, -0.1) is 23.7 Å². The molecular formula is C18H29ClN2O2S. The van der Waals surface area contributed by atoms with Gasteiger partial charge in [-0.05, 0) is 50.7 Å². The van der Waals surface area contributed by atoms with Gasteiger partial charge in [0.1, 0.15) is 5.54 Å². The second-order valence-corrected chi connectivity index (χ2v) is 8.57. The first-order valence-electron chi connectivity index (χ1n) is 8.64. The van der Waals surface area contributed by atoms with Gasteiger partial charge >= 0.3 is 0 Å². The Labute approximate surface area is 154 Å². The summed E-state index contributed by atoms with van der Waals surface area (Å²) in [5.41, 5.74) is 7.95. The first-order chi connectivity index (χ1) is 10.8. The molecule has 2 atom stereocenters. The summed E-state index contributed by atoms with van der Waals surface area (Å²) in [4.78, 5) is 14.3. The van der Waals surface area contributed by atoms with Crippen molar-refractivity contribution in [1.29, 1.82) is 0 Å². The molecule has 0 spiro atoms. The molecule has 0 bridgehead atoms. The minimum absolute atomic E-state index is 0. The lowest BCUT2D eigenvalue weighted by atomic mass is 9.54. The van der Waals surface area contributed by atoms with E-state index in [0.717, 1.165) is 17.8 Å². The number of hydrogen-bond donors (Lipinski definition) is 2. The summed E-state index contributed by atoms with van der Waals surface area (Å²) < 4.78 is 5.72. The van der Waals surface area contributed by atoms with Crippen LogP contribution in [0.1, 0.15) is 56.0 Å². The van der Waals surface area contributed by atoms with Gasteiger partial charge in [-0.1, -0.05) is 13.8 Å². The van der Waals surface area contributed by atoms with E-state index in [1.807, 2.05) is 20.8 Å². The van der Waals surface area contributed by atoms with Crippen molar-refractivity contribution in [2.75, 3.05) is 11.9 Å². The Bertz CT molecular complexity index is 629. The quantitative estimate of drug-likeness (QED) is 0.844. The molecule has 4 nitrogen and oxygen atoms in total. The van der Waals surface area contributed by atoms with Crippen molar-refractivity contribution in [1.82, 2.24) is 0 Å². The molecule has 3 rings (SSSR count). The van der Waals surface area contributed by atoms with E-state index in [4.69, 9.17) is 10.5 Å². The van der Waals surface area contributed by atoms with E-state index >= 15 is 0 Å². The number of rotatable bonds is 4. The number of ether oxygens (including phenoxy) is 1. The summed E-state index contributed by atoms with van der Waals surface area (Å²) in [6, 6.07) is 0. The molecule has 2 unspecified atom stereocenters. The highest BCUT2D eigenvalue weighted by Gasteiger charge is 2.62. The van der Waals surface area contributed by atoms with Crippen LogP contribution < -0.4 is 11.1 Å². The van der Waals surface area contributed by atoms with Crippen LogP contribution in [0.5, 0.6) is 0 Å². The topological polar surface area (TPSA) is 64.3 Å². The van der Waals surface area contributed by atoms with Crippen molar-refractivity contribution in [2.45, 2.75) is 71.4 Å². The number of nitrogens with one attached hydrogen (secondary N) is 1. The van der Waals surface area contributed by atoms with Crippen molar-refractivity contribution >= 4 is 34.7 Å². The van der Waals surface area contributed by atoms with Crippen molar-refractivity contribution in [3.8, 4) is 0 Å². The second-order valence-electron chi connectivity index (χ2n) is 7.46. The molecule has 3 N–H and O–H groups in total. The fourth-order valence-corrected chi connectivity index (χ4v) is 5.17. The normalized spacial score (nSPS) is 27.6. The van der Waals surface area contributed by atoms with Gasteiger partial charge < -0.3 is 15.8 Å². The number of halogens is 1. The molecular weight excluding hydrogens is 344 g/mol. The van der Waals surface area contributed by atoms with E-state index in [9.17, 15) is 4.79 Å². The van der Waals surface area contributed by atoms with Gasteiger partial charge in [0.15, 0.2) is 0 Å². The molecule has 2 aliphatic rings. The predicted octanol–water partition coefficient (Wildman–Crippen LogP) is 3.83. The van der Waals surface area contributed by atoms with Crippen molar-refractivity contribution in [2.24, 2.45) is 11.1 Å². The van der Waals surface area contributed by atoms with Crippen LogP contribution >= 0.6 is 23.7 Å². The molecule has 0 aromatic carbocycles. The Balaban J connectivity index is 0.00000208. The number of amides is 1. The fraction of sp³-hybridized carbons (Fsp3) is 0.722. The number of aryl methyl sites for hydroxylation is 1. The lowest BCUT2D eigenvalue weighted by Crippen LogP contribution is -2.74. The summed E-state index contributed by atoms with van der Waals surface area (Å²) in [7, 11) is 0. The maximum absolute atomic E-state index is 12.9. The molecule has 1 amide bonds. The molecule has 6 heteroatoms. The molecule has 0 aliphatic heterocycles. The van der Waals surface area contributed by atoms with Crippen molar-refractivity contribution < 1.29 is 9.53 Å². The van der Waals surface area contributed by atoms with Crippen LogP contribution in [0, 0.1) is 12.3 Å². The van der Waals surface area contributed by atoms with Gasteiger partial charge in [0.2, 0.25) is 5.91 Å². The fourth-order valence-electron chi connectivity index (χ4n) is 3.88. The molecule has 2 aliphatic carbocycles. The Morgan fingerprint density at radius 2 is 2.04 bits per heavy atom. The third-order valence-corrected chi connectivity index (χ3v) is 7.21. The van der Waals surface area contributed by atoms with Gasteiger partial charge in [-0.25, -0.2) is 0 Å². The number of anilines is 1. The van der Waals surface area contributed by atoms with E-state index in [0.29, 0.717) is 13.0 Å². The maximum atomic E-state index is 12.9. The van der Waals surface area contributed by atoms with E-state index < -0.39 is 5.54 Å². The zero-order valence-electron chi connectivity index (χ0n) is 15.0. The van der Waals surface area contributed by atoms with Gasteiger partial charge in [0.05, 0.1) is 11.1 Å². The molecule has 0 saturated heterocycles. The number of carbonyl (C=O) groups is 1. The average molecular weight is 373 g/mol. The van der Waals surface area contributed by atoms with Crippen LogP contribution in [0.15, 0.2) is 0 Å². The SMILES string of the molecule is CCOC1CC(N)(C(=O)Nc2sc3c(c2C)CCCC3)C1(C)C.Cl. The number of fused-ring (bicyclic) bond motifs is 1. The lowest BCUT2D eigenvalue weighted by Gasteiger charge is -2.57. The van der Waals surface area contributed by atoms with Crippen molar-refractivity contribution in [3.63, 3.8) is 0 Å². The number of nitrogens with two attached hydrogens (primary N) is 1. The van der Waals surface area contributed by atoms with Crippen LogP contribution in [0.3, 0.4) is 0 Å². The van der Waals surface area contributed by atoms with Gasteiger partial charge in [-0.3, -0.25) is 4.79 Å². The van der Waals surface area contributed by atoms with Gasteiger partial charge in [-0.2, -0.15) is 0 Å². The molecule has 1 aromatic heterocycles. The third kappa shape index (κ3) is 2.90. The summed E-state index contributed by atoms with van der Waals surface area (Å²) >= 11 is 1.73. The number of thiophene rings is 1. The van der Waals surface area contributed by atoms with Gasteiger partial charge in [0, 0.05) is 23.3 Å². The predicted molar refractivity (Wildman–Crippen MR) is 102 cm³/mol. The first-order valence-corrected chi connectivity index (χ1v) is 9.46. The van der Waals surface area contributed by atoms with Gasteiger partial charge in [0.25, 0.3) is 0 Å². The maximum Gasteiger partial charge on any atom is 0.245 e. The van der Waals surface area contributed by atoms with E-state index in [2.05, 4.69) is 12.2 Å². The Morgan fingerprint density at radius 1 is 1.38 bits per heavy atom. The molecule has 1 aromatic rings. The summed E-state index contributed by atoms with van der Waals surface area (Å²) in [5, 5.41) is 4.12. The molecule has 0 radical (unpaired) electrons. The summed E-state index contributed by atoms with van der Waals surface area (Å²) in [6.07, 6.45) is 5.43. The average Bonchev–Trinajstić information content (AvgIpc) is 2.83. The second kappa shape index (κ2) is 6.94. The van der Waals surface area contributed by atoms with E-state index in [1.54, 1.807) is 11.3 Å². The van der Waals surface area contributed by atoms with Crippen LogP contribution in [0.2, 0.25) is 0 Å². The largest absolute Gasteiger partial charge is 0.378 e. The monoisotopic (exact) mass is 372 g/mol. The molecule has 1 saturated carbocycles. The van der Waals surface area contributed by atoms with E-state index in [1.165, 1.54) is 28.8 Å². The summed E-state index contributed by atoms with van der Waals surface area (Å²) in [5.74, 6) is -0.0693. The Hall–Kier alpha value is -0.620. The highest BCUT2D eigenvalue weighted by atomic mass is 35.5. The minimum atomic E-state index is -0.857. The Kier molecular flexibility index (Phi) is 5.70. The van der Waals surface area contributed by atoms with Crippen LogP contribution in [0.4, 0.5) is 5.00 Å². The third-order valence-electron chi connectivity index (χ3n) is 5.90. The van der Waals surface area contributed by atoms with Crippen LogP contribution in [-0.4, -0.2) is 24.2 Å². The number of hydrogen-bond acceptors (Lipinski definition) is 4. The minimum Gasteiger partial charge on any atom is -0.378 e. The number of carbonyl (C=O) groups excluding carboxylic acids is 1. The molecule has 24 heavy (non-hydrogen) atoms. The highest BCUT2D eigenvalue weighted by molar-refractivity contribution is 7.16. The van der Waals surface area contributed by atoms with Crippen LogP contribution in [0.25, 0.3) is 0 Å². The smallest absolute Gasteiger partial charge is 0.245 e. The lowest BCUT2D eigenvalue weighted by molar-refractivity contribution is -0.166. The van der Waals surface area contributed by atoms with Crippen molar-refractivity contribution in [3.05, 3.63) is 16.0 Å². The zero-order chi connectivity index (χ0) is 16.8. The molecule has 136 valence electrons. The standard InChI is InChI=1S/C18H28N2O2S.ClH/c1-5-22-14-10-18(19,17(14,3)4)16(21)20-15-11(2)12-8-6-7-9-13(12)23-15;/h14H,5-10,19H2,1-4H3,(H,20,21);1H. The highest BCUT2D eigenvalue weighted by Crippen LogP contribution is 2.50. The molecule has 1 fully saturated rings. The Morgan fingerprint density at radius 3 is 2.62 bits per heavy atom. The first kappa shape index (κ1) is 19.7. The molecule has 1 heterocycles. The zero-order valence-corrected chi connectivity index (χ0v) is 16.7. The van der Waals surface area contributed by atoms with E-state index in [-0.39, 0.29) is 29.8 Å².